The summed E-state index contributed by atoms with van der Waals surface area (Å²) in [6.45, 7) is 2.70. The molecule has 0 atom stereocenters. The van der Waals surface area contributed by atoms with Crippen LogP contribution >= 0.6 is 0 Å². The molecule has 2 N–H and O–H groups in total. The lowest BCUT2D eigenvalue weighted by Gasteiger charge is -2.35. The zero-order chi connectivity index (χ0) is 26.8. The van der Waals surface area contributed by atoms with Crippen LogP contribution in [0.25, 0.3) is 5.69 Å². The maximum Gasteiger partial charge on any atom is 0.377 e. The van der Waals surface area contributed by atoms with Crippen molar-refractivity contribution in [2.24, 2.45) is 0 Å². The zero-order valence-corrected chi connectivity index (χ0v) is 20.5. The van der Waals surface area contributed by atoms with Gasteiger partial charge >= 0.3 is 17.7 Å². The van der Waals surface area contributed by atoms with Crippen LogP contribution in [0, 0.1) is 11.6 Å². The first-order valence-electron chi connectivity index (χ1n) is 12.5. The molecule has 2 aromatic carbocycles. The molecule has 13 heteroatoms. The highest BCUT2D eigenvalue weighted by molar-refractivity contribution is 5.99. The smallest absolute Gasteiger partial charge is 0.377 e. The first-order chi connectivity index (χ1) is 18.4. The van der Waals surface area contributed by atoms with Crippen LogP contribution < -0.4 is 20.8 Å². The van der Waals surface area contributed by atoms with Crippen molar-refractivity contribution in [2.75, 3.05) is 36.0 Å². The van der Waals surface area contributed by atoms with Gasteiger partial charge in [0.05, 0.1) is 11.3 Å². The topological polar surface area (TPSA) is 126 Å². The van der Waals surface area contributed by atoms with E-state index in [1.54, 1.807) is 12.1 Å². The van der Waals surface area contributed by atoms with Crippen molar-refractivity contribution in [1.29, 1.82) is 0 Å². The van der Waals surface area contributed by atoms with Crippen molar-refractivity contribution >= 4 is 23.4 Å². The summed E-state index contributed by atoms with van der Waals surface area (Å²) in [5.74, 6) is -3.22. The van der Waals surface area contributed by atoms with Gasteiger partial charge in [0.1, 0.15) is 5.69 Å². The highest BCUT2D eigenvalue weighted by Gasteiger charge is 2.32. The molecule has 0 bridgehead atoms. The number of hydrogen-bond acceptors (Lipinski definition) is 7. The summed E-state index contributed by atoms with van der Waals surface area (Å²) in [6.07, 6.45) is 3.96. The Morgan fingerprint density at radius 1 is 1.00 bits per heavy atom. The molecule has 1 aromatic heterocycles. The molecule has 5 rings (SSSR count). The molecular formula is C25H27F2N7O4. The zero-order valence-electron chi connectivity index (χ0n) is 20.5. The number of tetrazole rings is 1. The lowest BCUT2D eigenvalue weighted by Crippen LogP contribution is -2.47. The average Bonchev–Trinajstić information content (AvgIpc) is 3.30. The number of hydrogen-bond donors (Lipinski definition) is 2. The molecule has 2 heterocycles. The monoisotopic (exact) mass is 527 g/mol. The average molecular weight is 528 g/mol. The number of benzene rings is 2. The number of carboxylic acid groups (broad SMARTS) is 1. The summed E-state index contributed by atoms with van der Waals surface area (Å²) in [5.41, 5.74) is -1.03. The normalized spacial score (nSPS) is 16.4. The summed E-state index contributed by atoms with van der Waals surface area (Å²) < 4.78 is 29.5. The van der Waals surface area contributed by atoms with Gasteiger partial charge in [-0.3, -0.25) is 4.90 Å². The van der Waals surface area contributed by atoms with E-state index < -0.39 is 35.0 Å². The molecule has 1 aliphatic carbocycles. The number of halogens is 2. The van der Waals surface area contributed by atoms with Gasteiger partial charge in [-0.1, -0.05) is 25.3 Å². The van der Waals surface area contributed by atoms with Gasteiger partial charge in [0.25, 0.3) is 0 Å². The third kappa shape index (κ3) is 4.76. The molecule has 1 saturated carbocycles. The number of amides is 1. The number of rotatable bonds is 5. The Morgan fingerprint density at radius 2 is 1.68 bits per heavy atom. The summed E-state index contributed by atoms with van der Waals surface area (Å²) in [7, 11) is 0. The lowest BCUT2D eigenvalue weighted by molar-refractivity contribution is 0.0697. The SMILES string of the molecule is O=C(O)c1cc(N(C(=O)n2nnn(-c3c(F)cccc3F)c2=O)C2CCCCC2)ccc1N1CCNCC1. The molecule has 2 aliphatic rings. The van der Waals surface area contributed by atoms with Crippen LogP contribution in [0.2, 0.25) is 0 Å². The molecule has 38 heavy (non-hydrogen) atoms. The van der Waals surface area contributed by atoms with E-state index in [1.807, 2.05) is 4.90 Å². The molecule has 1 saturated heterocycles. The van der Waals surface area contributed by atoms with Crippen molar-refractivity contribution in [3.05, 3.63) is 64.1 Å². The first-order valence-corrected chi connectivity index (χ1v) is 12.5. The van der Waals surface area contributed by atoms with Gasteiger partial charge in [-0.05, 0) is 53.6 Å². The molecule has 200 valence electrons. The Kier molecular flexibility index (Phi) is 7.18. The van der Waals surface area contributed by atoms with Gasteiger partial charge in [0, 0.05) is 37.9 Å². The van der Waals surface area contributed by atoms with Gasteiger partial charge in [0.2, 0.25) is 0 Å². The summed E-state index contributed by atoms with van der Waals surface area (Å²) in [5, 5.41) is 20.4. The predicted octanol–water partition coefficient (Wildman–Crippen LogP) is 2.62. The second-order valence-electron chi connectivity index (χ2n) is 9.34. The number of anilines is 2. The molecule has 0 spiro atoms. The van der Waals surface area contributed by atoms with Crippen LogP contribution in [-0.2, 0) is 0 Å². The number of nitrogens with zero attached hydrogens (tertiary/aromatic N) is 6. The largest absolute Gasteiger partial charge is 0.478 e. The fraction of sp³-hybridized carbons (Fsp3) is 0.400. The number of aromatic carboxylic acids is 1. The van der Waals surface area contributed by atoms with Crippen LogP contribution in [0.15, 0.2) is 41.2 Å². The highest BCUT2D eigenvalue weighted by atomic mass is 19.1. The Labute approximate surface area is 216 Å². The van der Waals surface area contributed by atoms with Crippen molar-refractivity contribution in [1.82, 2.24) is 25.1 Å². The lowest BCUT2D eigenvalue weighted by atomic mass is 9.93. The predicted molar refractivity (Wildman–Crippen MR) is 134 cm³/mol. The van der Waals surface area contributed by atoms with Crippen LogP contribution in [-0.4, -0.2) is 69.1 Å². The Balaban J connectivity index is 1.57. The van der Waals surface area contributed by atoms with E-state index in [9.17, 15) is 28.3 Å². The molecule has 0 radical (unpaired) electrons. The molecule has 3 aromatic rings. The van der Waals surface area contributed by atoms with Gasteiger partial charge in [0.15, 0.2) is 11.6 Å². The first kappa shape index (κ1) is 25.5. The standard InChI is InChI=1S/C25H27F2N7O4/c26-19-7-4-8-20(27)22(19)33-25(38)34(30-29-33)24(37)32(16-5-2-1-3-6-16)17-9-10-21(18(15-17)23(35)36)31-13-11-28-12-14-31/h4,7-10,15-16,28H,1-3,5-6,11-14H2,(H,35,36). The number of carbonyl (C=O) groups excluding carboxylic acids is 1. The van der Waals surface area contributed by atoms with Crippen molar-refractivity contribution in [2.45, 2.75) is 38.1 Å². The van der Waals surface area contributed by atoms with E-state index in [0.717, 1.165) is 37.5 Å². The number of para-hydroxylation sites is 1. The second kappa shape index (κ2) is 10.7. The van der Waals surface area contributed by atoms with Crippen LogP contribution in [0.5, 0.6) is 0 Å². The van der Waals surface area contributed by atoms with E-state index in [2.05, 4.69) is 15.7 Å². The van der Waals surface area contributed by atoms with Crippen LogP contribution in [0.1, 0.15) is 42.5 Å². The number of aromatic nitrogens is 4. The van der Waals surface area contributed by atoms with Crippen molar-refractivity contribution in [3.8, 4) is 5.69 Å². The summed E-state index contributed by atoms with van der Waals surface area (Å²) in [4.78, 5) is 42.4. The van der Waals surface area contributed by atoms with Gasteiger partial charge in [-0.2, -0.15) is 4.68 Å². The van der Waals surface area contributed by atoms with E-state index in [-0.39, 0.29) is 17.3 Å². The third-order valence-electron chi connectivity index (χ3n) is 7.00. The Hall–Kier alpha value is -4.13. The molecule has 0 unspecified atom stereocenters. The van der Waals surface area contributed by atoms with Crippen LogP contribution in [0.4, 0.5) is 25.0 Å². The minimum atomic E-state index is -1.14. The van der Waals surface area contributed by atoms with Crippen molar-refractivity contribution < 1.29 is 23.5 Å². The maximum atomic E-state index is 14.3. The number of piperazine rings is 1. The fourth-order valence-corrected chi connectivity index (χ4v) is 5.14. The van der Waals surface area contributed by atoms with Gasteiger partial charge in [-0.25, -0.2) is 23.2 Å². The van der Waals surface area contributed by atoms with E-state index >= 15 is 0 Å². The molecule has 2 fully saturated rings. The summed E-state index contributed by atoms with van der Waals surface area (Å²) >= 11 is 0. The number of carboxylic acids is 1. The minimum absolute atomic E-state index is 0.0300. The van der Waals surface area contributed by atoms with Crippen molar-refractivity contribution in [3.63, 3.8) is 0 Å². The fourth-order valence-electron chi connectivity index (χ4n) is 5.14. The Morgan fingerprint density at radius 3 is 2.34 bits per heavy atom. The quantitative estimate of drug-likeness (QED) is 0.485. The van der Waals surface area contributed by atoms with Gasteiger partial charge < -0.3 is 15.3 Å². The van der Waals surface area contributed by atoms with Gasteiger partial charge in [-0.15, -0.1) is 4.68 Å². The number of carbonyl (C=O) groups is 2. The van der Waals surface area contributed by atoms with E-state index in [1.165, 1.54) is 11.0 Å². The number of nitrogens with one attached hydrogen (secondary N) is 1. The van der Waals surface area contributed by atoms with E-state index in [0.29, 0.717) is 54.1 Å². The highest BCUT2D eigenvalue weighted by Crippen LogP contribution is 2.32. The van der Waals surface area contributed by atoms with E-state index in [4.69, 9.17) is 0 Å². The molecule has 1 aliphatic heterocycles. The second-order valence-corrected chi connectivity index (χ2v) is 9.34. The molecule has 1 amide bonds. The molecule has 11 nitrogen and oxygen atoms in total. The minimum Gasteiger partial charge on any atom is -0.478 e. The summed E-state index contributed by atoms with van der Waals surface area (Å²) in [6, 6.07) is 6.62. The Bertz CT molecular complexity index is 1390. The maximum absolute atomic E-state index is 14.3. The third-order valence-corrected chi connectivity index (χ3v) is 7.00. The molecular weight excluding hydrogens is 500 g/mol. The van der Waals surface area contributed by atoms with Crippen LogP contribution in [0.3, 0.4) is 0 Å².